The van der Waals surface area contributed by atoms with Gasteiger partial charge in [0.25, 0.3) is 11.8 Å². The number of halogens is 5. The minimum Gasteiger partial charge on any atom is -0.373 e. The fourth-order valence-corrected chi connectivity index (χ4v) is 3.86. The van der Waals surface area contributed by atoms with E-state index in [0.717, 1.165) is 19.2 Å². The molecule has 1 unspecified atom stereocenters. The Kier molecular flexibility index (Phi) is 9.64. The Morgan fingerprint density at radius 1 is 1.00 bits per heavy atom. The number of carbonyl (C=O) groups excluding carboxylic acids is 1. The lowest BCUT2D eigenvalue weighted by atomic mass is 10.1. The van der Waals surface area contributed by atoms with E-state index in [9.17, 15) is 31.9 Å². The molecule has 0 aliphatic carbocycles. The minimum atomic E-state index is -4.53. The molecule has 226 valence electrons. The topological polar surface area (TPSA) is 145 Å². The molecule has 4 heterocycles. The molecule has 1 atom stereocenters. The monoisotopic (exact) mass is 596 g/mol. The van der Waals surface area contributed by atoms with Crippen LogP contribution in [0.5, 0.6) is 0 Å². The van der Waals surface area contributed by atoms with Crippen LogP contribution in [-0.4, -0.2) is 53.8 Å². The molecule has 4 rings (SSSR count). The van der Waals surface area contributed by atoms with Crippen LogP contribution in [0.1, 0.15) is 52.5 Å². The summed E-state index contributed by atoms with van der Waals surface area (Å²) in [5.74, 6) is -3.59. The Labute approximate surface area is 237 Å². The number of hydrazine groups is 2. The zero-order valence-electron chi connectivity index (χ0n) is 22.4. The number of amides is 1. The van der Waals surface area contributed by atoms with E-state index in [1.807, 2.05) is 0 Å². The number of aliphatic hydroxyl groups excluding tert-OH is 1. The largest absolute Gasteiger partial charge is 0.417 e. The molecule has 1 amide bonds. The summed E-state index contributed by atoms with van der Waals surface area (Å²) in [6.07, 6.45) is 3.38. The second-order valence-corrected chi connectivity index (χ2v) is 9.60. The Bertz CT molecular complexity index is 1390. The van der Waals surface area contributed by atoms with E-state index in [-0.39, 0.29) is 29.9 Å². The highest BCUT2D eigenvalue weighted by Gasteiger charge is 2.31. The van der Waals surface area contributed by atoms with Gasteiger partial charge in [0.15, 0.2) is 5.69 Å². The van der Waals surface area contributed by atoms with Gasteiger partial charge in [0.1, 0.15) is 6.23 Å². The van der Waals surface area contributed by atoms with Crippen LogP contribution in [0.25, 0.3) is 0 Å². The highest BCUT2D eigenvalue weighted by molar-refractivity contribution is 5.91. The van der Waals surface area contributed by atoms with E-state index in [0.29, 0.717) is 43.4 Å². The highest BCUT2D eigenvalue weighted by atomic mass is 19.4. The van der Waals surface area contributed by atoms with Crippen LogP contribution in [0.3, 0.4) is 0 Å². The van der Waals surface area contributed by atoms with Gasteiger partial charge in [-0.2, -0.15) is 13.2 Å². The Morgan fingerprint density at radius 3 is 2.38 bits per heavy atom. The average molecular weight is 597 g/mol. The summed E-state index contributed by atoms with van der Waals surface area (Å²) in [6, 6.07) is 2.25. The fourth-order valence-electron chi connectivity index (χ4n) is 3.86. The van der Waals surface area contributed by atoms with Crippen molar-refractivity contribution in [2.45, 2.75) is 57.7 Å². The fraction of sp³-hybridized carbons (Fsp3) is 0.400. The number of aliphatic hydroxyl groups is 1. The van der Waals surface area contributed by atoms with Crippen LogP contribution in [-0.2, 0) is 31.7 Å². The molecule has 0 saturated carbocycles. The molecule has 0 fully saturated rings. The summed E-state index contributed by atoms with van der Waals surface area (Å²) in [7, 11) is 0. The van der Waals surface area contributed by atoms with Gasteiger partial charge in [0.05, 0.1) is 17.5 Å². The van der Waals surface area contributed by atoms with E-state index < -0.39 is 29.8 Å². The maximum atomic E-state index is 13.5. The first-order valence-electron chi connectivity index (χ1n) is 12.8. The normalized spacial score (nSPS) is 14.5. The Hall–Kier alpha value is -4.22. The van der Waals surface area contributed by atoms with Crippen LogP contribution in [0, 0.1) is 0 Å². The number of nitrogens with one attached hydrogen (secondary N) is 4. The van der Waals surface area contributed by atoms with Crippen molar-refractivity contribution in [2.24, 2.45) is 0 Å². The third-order valence-electron chi connectivity index (χ3n) is 6.12. The lowest BCUT2D eigenvalue weighted by Gasteiger charge is -2.15. The Morgan fingerprint density at radius 2 is 1.67 bits per heavy atom. The lowest BCUT2D eigenvalue weighted by molar-refractivity contribution is -0.137. The smallest absolute Gasteiger partial charge is 0.373 e. The van der Waals surface area contributed by atoms with Crippen LogP contribution < -0.4 is 21.6 Å². The molecule has 0 aromatic carbocycles. The van der Waals surface area contributed by atoms with Crippen molar-refractivity contribution in [2.75, 3.05) is 6.54 Å². The van der Waals surface area contributed by atoms with Crippen molar-refractivity contribution in [3.8, 4) is 0 Å². The third kappa shape index (κ3) is 8.64. The van der Waals surface area contributed by atoms with E-state index in [1.54, 1.807) is 11.2 Å². The summed E-state index contributed by atoms with van der Waals surface area (Å²) in [4.78, 5) is 19.7. The van der Waals surface area contributed by atoms with Crippen LogP contribution in [0.4, 0.5) is 22.0 Å². The molecule has 1 aliphatic heterocycles. The number of pyridine rings is 2. The number of aryl methyl sites for hydroxylation is 1. The number of rotatable bonds is 13. The van der Waals surface area contributed by atoms with Gasteiger partial charge in [0.2, 0.25) is 0 Å². The van der Waals surface area contributed by atoms with Crippen LogP contribution >= 0.6 is 0 Å². The zero-order valence-corrected chi connectivity index (χ0v) is 22.4. The van der Waals surface area contributed by atoms with Crippen molar-refractivity contribution in [3.63, 3.8) is 0 Å². The number of unbranched alkanes of at least 4 members (excludes halogenated alkanes) is 1. The maximum Gasteiger partial charge on any atom is 0.417 e. The van der Waals surface area contributed by atoms with Crippen LogP contribution in [0.15, 0.2) is 55.0 Å². The highest BCUT2D eigenvalue weighted by Crippen LogP contribution is 2.29. The maximum absolute atomic E-state index is 13.5. The van der Waals surface area contributed by atoms with E-state index in [4.69, 9.17) is 0 Å². The van der Waals surface area contributed by atoms with Crippen molar-refractivity contribution < 1.29 is 31.9 Å². The Balaban J connectivity index is 1.16. The molecule has 0 saturated heterocycles. The van der Waals surface area contributed by atoms with Gasteiger partial charge in [-0.1, -0.05) is 5.21 Å². The first-order chi connectivity index (χ1) is 19.9. The first kappa shape index (κ1) is 30.7. The molecule has 0 spiro atoms. The molecule has 3 aromatic heterocycles. The minimum absolute atomic E-state index is 0.0281. The van der Waals surface area contributed by atoms with Crippen molar-refractivity contribution in [3.05, 3.63) is 83.0 Å². The number of alkyl halides is 5. The number of carbonyl (C=O) groups is 1. The molecule has 5 N–H and O–H groups in total. The number of aromatic nitrogens is 5. The van der Waals surface area contributed by atoms with E-state index in [2.05, 4.69) is 41.9 Å². The zero-order chi connectivity index (χ0) is 30.3. The molecular weight excluding hydrogens is 567 g/mol. The molecular formula is C25H29F5N10O2. The van der Waals surface area contributed by atoms with Crippen molar-refractivity contribution in [1.82, 2.24) is 51.6 Å². The van der Waals surface area contributed by atoms with Crippen LogP contribution in [0.2, 0.25) is 0 Å². The molecule has 3 aromatic rings. The average Bonchev–Trinajstić information content (AvgIpc) is 3.62. The summed E-state index contributed by atoms with van der Waals surface area (Å²) in [5.41, 5.74) is 5.79. The summed E-state index contributed by atoms with van der Waals surface area (Å²) >= 11 is 0. The molecule has 42 heavy (non-hydrogen) atoms. The van der Waals surface area contributed by atoms with Gasteiger partial charge >= 0.3 is 6.18 Å². The standard InChI is InChI=1S/C25H29F5N10O2/c1-24(26,27)18-6-16(8-31-12-18)10-33-22(41)20-14-39(37-35-20)4-2-3-5-40-15-21(36-38-40)23(42)34-11-17-7-19(13-32-9-17)25(28,29)30/h6-9,12-15,22,33,35,37,41H,2-5,10-11H2,1H3,(H,34,42). The third-order valence-corrected chi connectivity index (χ3v) is 6.12. The van der Waals surface area contributed by atoms with Gasteiger partial charge in [-0.05, 0) is 36.1 Å². The van der Waals surface area contributed by atoms with Gasteiger partial charge in [0, 0.05) is 69.7 Å². The van der Waals surface area contributed by atoms with E-state index in [1.165, 1.54) is 29.3 Å². The quantitative estimate of drug-likeness (QED) is 0.113. The van der Waals surface area contributed by atoms with Gasteiger partial charge in [-0.3, -0.25) is 29.8 Å². The number of hydrogen-bond acceptors (Lipinski definition) is 10. The predicted molar refractivity (Wildman–Crippen MR) is 137 cm³/mol. The molecule has 0 radical (unpaired) electrons. The van der Waals surface area contributed by atoms with Crippen molar-refractivity contribution >= 4 is 5.91 Å². The first-order valence-corrected chi connectivity index (χ1v) is 12.8. The second kappa shape index (κ2) is 13.2. The van der Waals surface area contributed by atoms with Crippen molar-refractivity contribution in [1.29, 1.82) is 0 Å². The summed E-state index contributed by atoms with van der Waals surface area (Å²) < 4.78 is 67.0. The predicted octanol–water partition coefficient (Wildman–Crippen LogP) is 2.18. The number of hydrogen-bond donors (Lipinski definition) is 5. The SMILES string of the molecule is CC(F)(F)c1cncc(CNC(O)C2=CN(CCCCn3cc(C(=O)NCc4cncc(C(F)(F)F)c4)nn3)NN2)c1. The second-order valence-electron chi connectivity index (χ2n) is 9.60. The molecule has 0 bridgehead atoms. The van der Waals surface area contributed by atoms with E-state index >= 15 is 0 Å². The molecule has 1 aliphatic rings. The van der Waals surface area contributed by atoms with Gasteiger partial charge in [-0.25, -0.2) is 8.78 Å². The van der Waals surface area contributed by atoms with Gasteiger partial charge < -0.3 is 15.8 Å². The van der Waals surface area contributed by atoms with Gasteiger partial charge in [-0.15, -0.1) is 10.6 Å². The number of nitrogens with zero attached hydrogens (tertiary/aromatic N) is 6. The molecule has 12 nitrogen and oxygen atoms in total. The summed E-state index contributed by atoms with van der Waals surface area (Å²) in [5, 5.41) is 25.2. The lowest BCUT2D eigenvalue weighted by Crippen LogP contribution is -2.41. The molecule has 17 heteroatoms. The summed E-state index contributed by atoms with van der Waals surface area (Å²) in [6.45, 7) is 1.79.